The van der Waals surface area contributed by atoms with Crippen LogP contribution in [0.5, 0.6) is 0 Å². The van der Waals surface area contributed by atoms with Crippen LogP contribution in [0.15, 0.2) is 107 Å². The summed E-state index contributed by atoms with van der Waals surface area (Å²) in [5, 5.41) is 2.28. The highest BCUT2D eigenvalue weighted by atomic mass is 16.3. The van der Waals surface area contributed by atoms with Crippen molar-refractivity contribution in [2.45, 2.75) is 12.8 Å². The number of imidazole rings is 1. The fourth-order valence-corrected chi connectivity index (χ4v) is 4.39. The largest absolute Gasteiger partial charge is 0.469 e. The summed E-state index contributed by atoms with van der Waals surface area (Å²) in [6.07, 6.45) is 4.48. The Bertz CT molecular complexity index is 1570. The topological polar surface area (TPSA) is 63.8 Å². The van der Waals surface area contributed by atoms with Gasteiger partial charge in [0, 0.05) is 18.2 Å². The van der Waals surface area contributed by atoms with Crippen LogP contribution in [0.25, 0.3) is 27.8 Å². The zero-order chi connectivity index (χ0) is 22.2. The molecule has 0 radical (unpaired) electrons. The van der Waals surface area contributed by atoms with E-state index in [4.69, 9.17) is 9.40 Å². The van der Waals surface area contributed by atoms with Crippen LogP contribution in [-0.2, 0) is 12.8 Å². The van der Waals surface area contributed by atoms with E-state index >= 15 is 0 Å². The van der Waals surface area contributed by atoms with E-state index in [1.807, 2.05) is 54.7 Å². The second-order valence-corrected chi connectivity index (χ2v) is 8.15. The summed E-state index contributed by atoms with van der Waals surface area (Å²) in [7, 11) is 0. The van der Waals surface area contributed by atoms with Gasteiger partial charge in [0.2, 0.25) is 0 Å². The molecule has 2 aliphatic heterocycles. The molecular formula is C28H21N3O2. The summed E-state index contributed by atoms with van der Waals surface area (Å²) in [5.41, 5.74) is 4.33. The minimum Gasteiger partial charge on any atom is -0.469 e. The molecule has 1 aromatic heterocycles. The first-order valence-electron chi connectivity index (χ1n) is 10.9. The van der Waals surface area contributed by atoms with E-state index in [1.165, 1.54) is 0 Å². The van der Waals surface area contributed by atoms with Gasteiger partial charge in [0.15, 0.2) is 5.82 Å². The van der Waals surface area contributed by atoms with Gasteiger partial charge >= 0.3 is 0 Å². The standard InChI is InChI=1S/C28H21N3O2/c32-28-25(17-21-12-7-15-33-21)30-27-24(16-19-8-2-1-3-9-19)29-26(18-31(27)28)23-14-6-11-20-10-4-5-13-22(20)23/h1-15,18,29H,16-17H2. The fraction of sp³-hybridized carbons (Fsp3) is 0.0714. The molecule has 0 fully saturated rings. The van der Waals surface area contributed by atoms with Gasteiger partial charge in [0.05, 0.1) is 24.1 Å². The van der Waals surface area contributed by atoms with Crippen LogP contribution in [0, 0.1) is 0 Å². The van der Waals surface area contributed by atoms with Crippen LogP contribution in [0.2, 0.25) is 0 Å². The van der Waals surface area contributed by atoms with Crippen LogP contribution in [0.3, 0.4) is 0 Å². The number of aromatic nitrogens is 3. The average molecular weight is 431 g/mol. The van der Waals surface area contributed by atoms with Crippen molar-refractivity contribution in [3.63, 3.8) is 0 Å². The normalized spacial score (nSPS) is 11.4. The summed E-state index contributed by atoms with van der Waals surface area (Å²) < 4.78 is 7.13. The molecule has 5 heteroatoms. The van der Waals surface area contributed by atoms with Gasteiger partial charge in [-0.15, -0.1) is 0 Å². The lowest BCUT2D eigenvalue weighted by molar-refractivity contribution is 0.519. The lowest BCUT2D eigenvalue weighted by Crippen LogP contribution is -2.17. The van der Waals surface area contributed by atoms with Crippen LogP contribution in [-0.4, -0.2) is 14.5 Å². The molecule has 4 aromatic rings. The van der Waals surface area contributed by atoms with E-state index in [2.05, 4.69) is 41.4 Å². The van der Waals surface area contributed by atoms with Crippen molar-refractivity contribution < 1.29 is 4.42 Å². The second kappa shape index (κ2) is 7.95. The van der Waals surface area contributed by atoms with Crippen molar-refractivity contribution in [3.05, 3.63) is 130 Å². The predicted molar refractivity (Wildman–Crippen MR) is 129 cm³/mol. The van der Waals surface area contributed by atoms with E-state index in [0.29, 0.717) is 24.4 Å². The molecule has 0 bridgehead atoms. The second-order valence-electron chi connectivity index (χ2n) is 8.15. The van der Waals surface area contributed by atoms with Crippen molar-refractivity contribution in [1.29, 1.82) is 0 Å². The van der Waals surface area contributed by atoms with Gasteiger partial charge in [-0.25, -0.2) is 4.98 Å². The quantitative estimate of drug-likeness (QED) is 0.387. The third-order valence-corrected chi connectivity index (χ3v) is 5.97. The smallest absolute Gasteiger partial charge is 0.278 e. The number of furan rings is 1. The number of H-pyrrole nitrogens is 1. The molecule has 0 spiro atoms. The Kier molecular flexibility index (Phi) is 4.65. The van der Waals surface area contributed by atoms with E-state index in [0.717, 1.165) is 39.0 Å². The van der Waals surface area contributed by atoms with Gasteiger partial charge < -0.3 is 9.40 Å². The third kappa shape index (κ3) is 3.53. The van der Waals surface area contributed by atoms with Gasteiger partial charge in [0.1, 0.15) is 11.5 Å². The highest BCUT2D eigenvalue weighted by Gasteiger charge is 2.21. The molecule has 0 saturated heterocycles. The summed E-state index contributed by atoms with van der Waals surface area (Å²) in [5.74, 6) is 1.37. The highest BCUT2D eigenvalue weighted by Crippen LogP contribution is 2.29. The Morgan fingerprint density at radius 1 is 0.848 bits per heavy atom. The molecule has 2 aliphatic rings. The lowest BCUT2D eigenvalue weighted by atomic mass is 10.0. The Balaban J connectivity index is 1.56. The van der Waals surface area contributed by atoms with Crippen LogP contribution >= 0.6 is 0 Å². The van der Waals surface area contributed by atoms with Crippen molar-refractivity contribution >= 4 is 10.8 Å². The van der Waals surface area contributed by atoms with Gasteiger partial charge in [-0.05, 0) is 28.5 Å². The molecule has 33 heavy (non-hydrogen) atoms. The maximum Gasteiger partial charge on any atom is 0.278 e. The first-order chi connectivity index (χ1) is 16.3. The highest BCUT2D eigenvalue weighted by molar-refractivity contribution is 5.95. The molecule has 0 amide bonds. The minimum atomic E-state index is -0.119. The maximum absolute atomic E-state index is 13.4. The molecule has 160 valence electrons. The number of nitrogens with zero attached hydrogens (tertiary/aromatic N) is 2. The van der Waals surface area contributed by atoms with Gasteiger partial charge in [0.25, 0.3) is 5.56 Å². The van der Waals surface area contributed by atoms with E-state index < -0.39 is 0 Å². The van der Waals surface area contributed by atoms with Crippen LogP contribution in [0.4, 0.5) is 0 Å². The summed E-state index contributed by atoms with van der Waals surface area (Å²) in [6, 6.07) is 28.4. The number of hydrogen-bond donors (Lipinski definition) is 1. The van der Waals surface area contributed by atoms with Gasteiger partial charge in [-0.3, -0.25) is 9.36 Å². The monoisotopic (exact) mass is 431 g/mol. The molecule has 0 unspecified atom stereocenters. The van der Waals surface area contributed by atoms with Crippen LogP contribution in [0.1, 0.15) is 22.7 Å². The van der Waals surface area contributed by atoms with E-state index in [1.54, 1.807) is 10.8 Å². The molecular weight excluding hydrogens is 410 g/mol. The number of fused-ring (bicyclic) bond motifs is 2. The molecule has 6 rings (SSSR count). The molecule has 0 saturated carbocycles. The predicted octanol–water partition coefficient (Wildman–Crippen LogP) is 5.59. The SMILES string of the molecule is O=c1c(Cc2ccco2)nc2c(Cc3ccccc3)[nH]c(-c3cccc4ccccc34)cn1-2. The number of aromatic amines is 1. The Hall–Kier alpha value is -4.38. The zero-order valence-electron chi connectivity index (χ0n) is 17.9. The first-order valence-corrected chi connectivity index (χ1v) is 10.9. The molecule has 1 N–H and O–H groups in total. The van der Waals surface area contributed by atoms with Gasteiger partial charge in [-0.1, -0.05) is 72.8 Å². The first kappa shape index (κ1) is 19.3. The van der Waals surface area contributed by atoms with Crippen molar-refractivity contribution in [3.8, 4) is 17.1 Å². The third-order valence-electron chi connectivity index (χ3n) is 5.97. The molecule has 3 aromatic carbocycles. The zero-order valence-corrected chi connectivity index (χ0v) is 17.9. The Morgan fingerprint density at radius 3 is 2.52 bits per heavy atom. The van der Waals surface area contributed by atoms with Crippen molar-refractivity contribution in [2.24, 2.45) is 0 Å². The number of benzene rings is 3. The summed E-state index contributed by atoms with van der Waals surface area (Å²) in [6.45, 7) is 0. The molecule has 0 atom stereocenters. The van der Waals surface area contributed by atoms with E-state index in [-0.39, 0.29) is 5.56 Å². The van der Waals surface area contributed by atoms with Crippen molar-refractivity contribution in [1.82, 2.24) is 14.5 Å². The molecule has 3 heterocycles. The molecule has 5 nitrogen and oxygen atoms in total. The Labute approximate surface area is 190 Å². The average Bonchev–Trinajstić information content (AvgIpc) is 3.48. The fourth-order valence-electron chi connectivity index (χ4n) is 4.39. The Morgan fingerprint density at radius 2 is 1.67 bits per heavy atom. The lowest BCUT2D eigenvalue weighted by Gasteiger charge is -2.14. The minimum absolute atomic E-state index is 0.119. The number of rotatable bonds is 5. The van der Waals surface area contributed by atoms with Crippen LogP contribution < -0.4 is 5.56 Å². The summed E-state index contributed by atoms with van der Waals surface area (Å²) in [4.78, 5) is 21.7. The molecule has 0 aliphatic carbocycles. The van der Waals surface area contributed by atoms with Gasteiger partial charge in [-0.2, -0.15) is 0 Å². The maximum atomic E-state index is 13.4. The number of hydrogen-bond acceptors (Lipinski definition) is 3. The summed E-state index contributed by atoms with van der Waals surface area (Å²) >= 11 is 0. The number of nitrogens with one attached hydrogen (secondary N) is 1. The van der Waals surface area contributed by atoms with E-state index in [9.17, 15) is 4.79 Å². The van der Waals surface area contributed by atoms with Crippen molar-refractivity contribution in [2.75, 3.05) is 0 Å².